The molecule has 78 valence electrons. The van der Waals surface area contributed by atoms with Gasteiger partial charge in [-0.2, -0.15) is 0 Å². The molecule has 0 aliphatic carbocycles. The highest BCUT2D eigenvalue weighted by molar-refractivity contribution is 9.10. The van der Waals surface area contributed by atoms with Gasteiger partial charge in [0.25, 0.3) is 0 Å². The van der Waals surface area contributed by atoms with Crippen LogP contribution in [0.4, 0.5) is 5.69 Å². The van der Waals surface area contributed by atoms with Crippen LogP contribution in [0.3, 0.4) is 0 Å². The normalized spacial score (nSPS) is 12.8. The molecule has 0 spiro atoms. The van der Waals surface area contributed by atoms with Crippen LogP contribution in [0.2, 0.25) is 0 Å². The highest BCUT2D eigenvalue weighted by atomic mass is 79.9. The zero-order valence-electron chi connectivity index (χ0n) is 8.68. The van der Waals surface area contributed by atoms with Crippen LogP contribution >= 0.6 is 15.9 Å². The fourth-order valence-electron chi connectivity index (χ4n) is 1.16. The maximum Gasteiger partial charge on any atom is 0.0318 e. The molecule has 0 fully saturated rings. The molecule has 0 saturated heterocycles. The van der Waals surface area contributed by atoms with Gasteiger partial charge in [0.05, 0.1) is 0 Å². The molecule has 1 unspecified atom stereocenters. The molecule has 1 aromatic carbocycles. The number of nitrogens with two attached hydrogens (primary N) is 1. The van der Waals surface area contributed by atoms with E-state index in [0.29, 0.717) is 6.04 Å². The molecule has 0 aromatic heterocycles. The summed E-state index contributed by atoms with van der Waals surface area (Å²) in [5.41, 5.74) is 7.75. The lowest BCUT2D eigenvalue weighted by Gasteiger charge is -2.12. The number of rotatable bonds is 4. The van der Waals surface area contributed by atoms with Crippen LogP contribution in [0.5, 0.6) is 0 Å². The number of nitrogens with one attached hydrogen (secondary N) is 1. The monoisotopic (exact) mass is 256 g/mol. The Morgan fingerprint density at radius 2 is 2.21 bits per heavy atom. The van der Waals surface area contributed by atoms with Crippen LogP contribution in [-0.4, -0.2) is 6.04 Å². The van der Waals surface area contributed by atoms with Crippen molar-refractivity contribution in [2.24, 2.45) is 0 Å². The van der Waals surface area contributed by atoms with Gasteiger partial charge in [-0.3, -0.25) is 0 Å². The standard InChI is InChI=1S/C11H17BrN2/c1-3-8(2)14-7-9-6-10(13)4-5-11(9)12/h4-6,8,14H,3,7,13H2,1-2H3. The number of halogens is 1. The van der Waals surface area contributed by atoms with Crippen molar-refractivity contribution in [3.63, 3.8) is 0 Å². The third kappa shape index (κ3) is 3.31. The fourth-order valence-corrected chi connectivity index (χ4v) is 1.55. The molecule has 3 heteroatoms. The maximum atomic E-state index is 5.72. The molecule has 14 heavy (non-hydrogen) atoms. The Morgan fingerprint density at radius 3 is 2.86 bits per heavy atom. The lowest BCUT2D eigenvalue weighted by molar-refractivity contribution is 0.533. The smallest absolute Gasteiger partial charge is 0.0318 e. The Hall–Kier alpha value is -0.540. The van der Waals surface area contributed by atoms with E-state index in [1.807, 2.05) is 18.2 Å². The summed E-state index contributed by atoms with van der Waals surface area (Å²) in [5, 5.41) is 3.43. The molecule has 0 amide bonds. The van der Waals surface area contributed by atoms with E-state index < -0.39 is 0 Å². The first kappa shape index (κ1) is 11.5. The Labute approximate surface area is 94.0 Å². The van der Waals surface area contributed by atoms with Gasteiger partial charge in [-0.05, 0) is 37.1 Å². The summed E-state index contributed by atoms with van der Waals surface area (Å²) in [7, 11) is 0. The number of anilines is 1. The minimum absolute atomic E-state index is 0.545. The van der Waals surface area contributed by atoms with E-state index in [-0.39, 0.29) is 0 Å². The summed E-state index contributed by atoms with van der Waals surface area (Å²) in [6, 6.07) is 6.43. The van der Waals surface area contributed by atoms with Gasteiger partial charge in [-0.15, -0.1) is 0 Å². The van der Waals surface area contributed by atoms with Crippen molar-refractivity contribution < 1.29 is 0 Å². The van der Waals surface area contributed by atoms with Crippen LogP contribution in [0.15, 0.2) is 22.7 Å². The van der Waals surface area contributed by atoms with Gasteiger partial charge in [0.2, 0.25) is 0 Å². The molecular weight excluding hydrogens is 240 g/mol. The Bertz CT molecular complexity index is 299. The van der Waals surface area contributed by atoms with Crippen LogP contribution in [-0.2, 0) is 6.54 Å². The first-order chi connectivity index (χ1) is 6.63. The molecule has 0 radical (unpaired) electrons. The van der Waals surface area contributed by atoms with Gasteiger partial charge in [0.1, 0.15) is 0 Å². The van der Waals surface area contributed by atoms with E-state index >= 15 is 0 Å². The zero-order valence-corrected chi connectivity index (χ0v) is 10.3. The summed E-state index contributed by atoms with van der Waals surface area (Å²) in [5.74, 6) is 0. The highest BCUT2D eigenvalue weighted by Gasteiger charge is 2.02. The Balaban J connectivity index is 2.62. The third-order valence-corrected chi connectivity index (χ3v) is 3.10. The first-order valence-electron chi connectivity index (χ1n) is 4.90. The average molecular weight is 257 g/mol. The molecular formula is C11H17BrN2. The van der Waals surface area contributed by atoms with Gasteiger partial charge in [0, 0.05) is 22.7 Å². The van der Waals surface area contributed by atoms with Gasteiger partial charge in [0.15, 0.2) is 0 Å². The lowest BCUT2D eigenvalue weighted by Crippen LogP contribution is -2.24. The zero-order chi connectivity index (χ0) is 10.6. The Kier molecular flexibility index (Phi) is 4.42. The van der Waals surface area contributed by atoms with E-state index in [0.717, 1.165) is 23.1 Å². The first-order valence-corrected chi connectivity index (χ1v) is 5.70. The molecule has 2 nitrogen and oxygen atoms in total. The minimum Gasteiger partial charge on any atom is -0.399 e. The van der Waals surface area contributed by atoms with Gasteiger partial charge < -0.3 is 11.1 Å². The summed E-state index contributed by atoms with van der Waals surface area (Å²) in [6.07, 6.45) is 1.14. The van der Waals surface area contributed by atoms with Crippen LogP contribution < -0.4 is 11.1 Å². The lowest BCUT2D eigenvalue weighted by atomic mass is 10.2. The van der Waals surface area contributed by atoms with E-state index in [1.54, 1.807) is 0 Å². The summed E-state index contributed by atoms with van der Waals surface area (Å²) >= 11 is 3.51. The fraction of sp³-hybridized carbons (Fsp3) is 0.455. The number of benzene rings is 1. The second kappa shape index (κ2) is 5.37. The summed E-state index contributed by atoms with van der Waals surface area (Å²) < 4.78 is 1.11. The highest BCUT2D eigenvalue weighted by Crippen LogP contribution is 2.19. The topological polar surface area (TPSA) is 38.0 Å². The van der Waals surface area contributed by atoms with Crippen LogP contribution in [0.25, 0.3) is 0 Å². The van der Waals surface area contributed by atoms with Crippen LogP contribution in [0, 0.1) is 0 Å². The predicted molar refractivity (Wildman–Crippen MR) is 65.1 cm³/mol. The summed E-state index contributed by atoms with van der Waals surface area (Å²) in [4.78, 5) is 0. The average Bonchev–Trinajstić information content (AvgIpc) is 2.19. The molecule has 0 aliphatic heterocycles. The third-order valence-electron chi connectivity index (χ3n) is 2.32. The van der Waals surface area contributed by atoms with E-state index in [4.69, 9.17) is 5.73 Å². The summed E-state index contributed by atoms with van der Waals surface area (Å²) in [6.45, 7) is 5.22. The SMILES string of the molecule is CCC(C)NCc1cc(N)ccc1Br. The number of hydrogen-bond acceptors (Lipinski definition) is 2. The molecule has 3 N–H and O–H groups in total. The predicted octanol–water partition coefficient (Wildman–Crippen LogP) is 2.92. The van der Waals surface area contributed by atoms with E-state index in [1.165, 1.54) is 5.56 Å². The quantitative estimate of drug-likeness (QED) is 0.814. The van der Waals surface area contributed by atoms with Crippen molar-refractivity contribution in [1.29, 1.82) is 0 Å². The van der Waals surface area contributed by atoms with Crippen molar-refractivity contribution in [2.75, 3.05) is 5.73 Å². The minimum atomic E-state index is 0.545. The van der Waals surface area contributed by atoms with Crippen molar-refractivity contribution in [2.45, 2.75) is 32.9 Å². The largest absolute Gasteiger partial charge is 0.399 e. The molecule has 1 rings (SSSR count). The number of hydrogen-bond donors (Lipinski definition) is 2. The molecule has 1 aromatic rings. The molecule has 0 heterocycles. The molecule has 0 saturated carbocycles. The second-order valence-electron chi connectivity index (χ2n) is 3.54. The second-order valence-corrected chi connectivity index (χ2v) is 4.40. The van der Waals surface area contributed by atoms with Crippen LogP contribution in [0.1, 0.15) is 25.8 Å². The van der Waals surface area contributed by atoms with Crippen molar-refractivity contribution >= 4 is 21.6 Å². The Morgan fingerprint density at radius 1 is 1.50 bits per heavy atom. The maximum absolute atomic E-state index is 5.72. The molecule has 0 bridgehead atoms. The molecule has 1 atom stereocenters. The van der Waals surface area contributed by atoms with Crippen molar-refractivity contribution in [1.82, 2.24) is 5.32 Å². The van der Waals surface area contributed by atoms with Crippen molar-refractivity contribution in [3.8, 4) is 0 Å². The van der Waals surface area contributed by atoms with Gasteiger partial charge in [-0.1, -0.05) is 22.9 Å². The van der Waals surface area contributed by atoms with E-state index in [9.17, 15) is 0 Å². The van der Waals surface area contributed by atoms with Crippen molar-refractivity contribution in [3.05, 3.63) is 28.2 Å². The van der Waals surface area contributed by atoms with E-state index in [2.05, 4.69) is 35.1 Å². The molecule has 0 aliphatic rings. The van der Waals surface area contributed by atoms with Gasteiger partial charge in [-0.25, -0.2) is 0 Å². The number of nitrogen functional groups attached to an aromatic ring is 1. The van der Waals surface area contributed by atoms with Gasteiger partial charge >= 0.3 is 0 Å².